The number of rotatable bonds is 2. The summed E-state index contributed by atoms with van der Waals surface area (Å²) in [5.74, 6) is 0.526. The third-order valence-electron chi connectivity index (χ3n) is 6.03. The minimum absolute atomic E-state index is 0.0331. The van der Waals surface area contributed by atoms with E-state index in [0.717, 1.165) is 0 Å². The van der Waals surface area contributed by atoms with Crippen LogP contribution in [0.15, 0.2) is 54.7 Å². The fraction of sp³-hybridized carbons (Fsp3) is 0.320. The predicted octanol–water partition coefficient (Wildman–Crippen LogP) is 5.92. The lowest BCUT2D eigenvalue weighted by atomic mass is 9.81. The summed E-state index contributed by atoms with van der Waals surface area (Å²) >= 11 is 0. The van der Waals surface area contributed by atoms with Gasteiger partial charge in [-0.3, -0.25) is 0 Å². The van der Waals surface area contributed by atoms with Crippen molar-refractivity contribution < 1.29 is 4.57 Å². The highest BCUT2D eigenvalue weighted by Crippen LogP contribution is 2.52. The van der Waals surface area contributed by atoms with Crippen LogP contribution in [0.3, 0.4) is 0 Å². The summed E-state index contributed by atoms with van der Waals surface area (Å²) in [6.45, 7) is 11.6. The lowest BCUT2D eigenvalue weighted by Gasteiger charge is -2.22. The van der Waals surface area contributed by atoms with Crippen molar-refractivity contribution in [3.05, 3.63) is 77.0 Å². The fourth-order valence-electron chi connectivity index (χ4n) is 4.53. The van der Waals surface area contributed by atoms with Crippen LogP contribution in [0.25, 0.3) is 22.4 Å². The molecular weight excluding hydrogens is 314 g/mol. The van der Waals surface area contributed by atoms with E-state index in [-0.39, 0.29) is 5.41 Å². The van der Waals surface area contributed by atoms with Gasteiger partial charge in [-0.1, -0.05) is 52.0 Å². The van der Waals surface area contributed by atoms with Gasteiger partial charge in [0, 0.05) is 23.1 Å². The van der Waals surface area contributed by atoms with Crippen LogP contribution in [0.4, 0.5) is 0 Å². The molecule has 0 aliphatic heterocycles. The van der Waals surface area contributed by atoms with E-state index in [1.165, 1.54) is 44.6 Å². The molecular formula is C25H28N+. The number of aryl methyl sites for hydroxylation is 2. The van der Waals surface area contributed by atoms with E-state index >= 15 is 0 Å². The summed E-state index contributed by atoms with van der Waals surface area (Å²) in [6.07, 6.45) is 2.12. The van der Waals surface area contributed by atoms with Gasteiger partial charge in [-0.2, -0.15) is 0 Å². The van der Waals surface area contributed by atoms with Crippen LogP contribution in [0.1, 0.15) is 55.9 Å². The Morgan fingerprint density at radius 1 is 0.885 bits per heavy atom. The van der Waals surface area contributed by atoms with E-state index < -0.39 is 0 Å². The molecule has 26 heavy (non-hydrogen) atoms. The summed E-state index contributed by atoms with van der Waals surface area (Å²) in [6, 6.07) is 18.1. The Morgan fingerprint density at radius 2 is 1.65 bits per heavy atom. The van der Waals surface area contributed by atoms with Crippen LogP contribution < -0.4 is 4.57 Å². The number of hydrogen-bond donors (Lipinski definition) is 0. The topological polar surface area (TPSA) is 3.88 Å². The molecule has 0 fully saturated rings. The minimum atomic E-state index is 0.0331. The van der Waals surface area contributed by atoms with Gasteiger partial charge in [0.2, 0.25) is 5.69 Å². The first kappa shape index (κ1) is 17.0. The van der Waals surface area contributed by atoms with Gasteiger partial charge in [0.1, 0.15) is 7.05 Å². The van der Waals surface area contributed by atoms with Crippen molar-refractivity contribution in [3.63, 3.8) is 0 Å². The molecule has 0 radical (unpaired) electrons. The molecule has 1 heteroatoms. The number of hydrogen-bond acceptors (Lipinski definition) is 0. The third kappa shape index (κ3) is 2.34. The van der Waals surface area contributed by atoms with Gasteiger partial charge < -0.3 is 0 Å². The summed E-state index contributed by atoms with van der Waals surface area (Å²) in [5, 5.41) is 0. The molecule has 1 aliphatic carbocycles. The van der Waals surface area contributed by atoms with Gasteiger partial charge in [-0.25, -0.2) is 4.57 Å². The van der Waals surface area contributed by atoms with Gasteiger partial charge in [0.25, 0.3) is 0 Å². The van der Waals surface area contributed by atoms with Crippen LogP contribution in [-0.2, 0) is 12.5 Å². The van der Waals surface area contributed by atoms with Crippen molar-refractivity contribution in [1.82, 2.24) is 0 Å². The standard InChI is InChI=1S/C25H28N/c1-16(2)18-10-9-11-21-24(18)20-14-17(3)19(15-22(20)25(21,4)5)23-12-7-8-13-26(23)6/h7-16H,1-6H3/q+1. The minimum Gasteiger partial charge on any atom is -0.201 e. The highest BCUT2D eigenvalue weighted by molar-refractivity contribution is 5.86. The molecule has 0 saturated carbocycles. The van der Waals surface area contributed by atoms with Crippen LogP contribution in [-0.4, -0.2) is 0 Å². The quantitative estimate of drug-likeness (QED) is 0.509. The molecule has 0 amide bonds. The second-order valence-corrected chi connectivity index (χ2v) is 8.46. The number of aromatic nitrogens is 1. The van der Waals surface area contributed by atoms with Crippen molar-refractivity contribution >= 4 is 0 Å². The second-order valence-electron chi connectivity index (χ2n) is 8.46. The molecule has 0 N–H and O–H groups in total. The predicted molar refractivity (Wildman–Crippen MR) is 109 cm³/mol. The molecule has 0 bridgehead atoms. The molecule has 0 atom stereocenters. The van der Waals surface area contributed by atoms with Crippen molar-refractivity contribution in [1.29, 1.82) is 0 Å². The van der Waals surface area contributed by atoms with Crippen LogP contribution in [0, 0.1) is 6.92 Å². The number of pyridine rings is 1. The zero-order valence-corrected chi connectivity index (χ0v) is 16.7. The van der Waals surface area contributed by atoms with Crippen LogP contribution in [0.2, 0.25) is 0 Å². The summed E-state index contributed by atoms with van der Waals surface area (Å²) in [5.41, 5.74) is 11.2. The number of nitrogens with zero attached hydrogens (tertiary/aromatic N) is 1. The maximum Gasteiger partial charge on any atom is 0.212 e. The molecule has 0 saturated heterocycles. The monoisotopic (exact) mass is 342 g/mol. The van der Waals surface area contributed by atoms with Crippen molar-refractivity contribution in [2.24, 2.45) is 7.05 Å². The average Bonchev–Trinajstić information content (AvgIpc) is 2.82. The van der Waals surface area contributed by atoms with Crippen LogP contribution >= 0.6 is 0 Å². The van der Waals surface area contributed by atoms with Gasteiger partial charge in [0.05, 0.1) is 0 Å². The Bertz CT molecular complexity index is 1010. The first-order chi connectivity index (χ1) is 12.3. The molecule has 2 aromatic carbocycles. The smallest absolute Gasteiger partial charge is 0.201 e. The molecule has 1 heterocycles. The normalized spacial score (nSPS) is 14.4. The number of fused-ring (bicyclic) bond motifs is 3. The van der Waals surface area contributed by atoms with Crippen molar-refractivity contribution in [2.45, 2.75) is 46.0 Å². The molecule has 4 rings (SSSR count). The molecule has 3 aromatic rings. The SMILES string of the molecule is Cc1cc2c(cc1-c1cccc[n+]1C)C(C)(C)c1cccc(C(C)C)c1-2. The molecule has 1 aromatic heterocycles. The zero-order chi connectivity index (χ0) is 18.6. The molecule has 1 aliphatic rings. The van der Waals surface area contributed by atoms with Gasteiger partial charge in [-0.15, -0.1) is 0 Å². The van der Waals surface area contributed by atoms with Gasteiger partial charge in [0.15, 0.2) is 6.20 Å². The highest BCUT2D eigenvalue weighted by Gasteiger charge is 2.38. The first-order valence-electron chi connectivity index (χ1n) is 9.56. The largest absolute Gasteiger partial charge is 0.212 e. The highest BCUT2D eigenvalue weighted by atomic mass is 14.9. The van der Waals surface area contributed by atoms with Crippen molar-refractivity contribution in [3.8, 4) is 22.4 Å². The van der Waals surface area contributed by atoms with E-state index in [4.69, 9.17) is 0 Å². The molecule has 132 valence electrons. The Balaban J connectivity index is 2.02. The summed E-state index contributed by atoms with van der Waals surface area (Å²) < 4.78 is 2.21. The molecule has 0 unspecified atom stereocenters. The summed E-state index contributed by atoms with van der Waals surface area (Å²) in [4.78, 5) is 0. The summed E-state index contributed by atoms with van der Waals surface area (Å²) in [7, 11) is 2.12. The van der Waals surface area contributed by atoms with E-state index in [0.29, 0.717) is 5.92 Å². The third-order valence-corrected chi connectivity index (χ3v) is 6.03. The van der Waals surface area contributed by atoms with Gasteiger partial charge >= 0.3 is 0 Å². The number of benzene rings is 2. The van der Waals surface area contributed by atoms with E-state index in [1.807, 2.05) is 0 Å². The van der Waals surface area contributed by atoms with E-state index in [9.17, 15) is 0 Å². The second kappa shape index (κ2) is 5.81. The van der Waals surface area contributed by atoms with E-state index in [1.54, 1.807) is 0 Å². The molecule has 1 nitrogen and oxygen atoms in total. The van der Waals surface area contributed by atoms with Gasteiger partial charge in [-0.05, 0) is 58.4 Å². The zero-order valence-electron chi connectivity index (χ0n) is 16.7. The Labute approximate surface area is 157 Å². The lowest BCUT2D eigenvalue weighted by Crippen LogP contribution is -2.30. The Morgan fingerprint density at radius 3 is 2.35 bits per heavy atom. The lowest BCUT2D eigenvalue weighted by molar-refractivity contribution is -0.660. The van der Waals surface area contributed by atoms with Crippen LogP contribution in [0.5, 0.6) is 0 Å². The maximum atomic E-state index is 2.43. The maximum absolute atomic E-state index is 2.43. The fourth-order valence-corrected chi connectivity index (χ4v) is 4.53. The average molecular weight is 343 g/mol. The van der Waals surface area contributed by atoms with E-state index in [2.05, 4.69) is 101 Å². The Kier molecular flexibility index (Phi) is 3.80. The van der Waals surface area contributed by atoms with Crippen molar-refractivity contribution in [2.75, 3.05) is 0 Å². The Hall–Kier alpha value is -2.41. The first-order valence-corrected chi connectivity index (χ1v) is 9.56. The molecule has 0 spiro atoms.